The zero-order valence-corrected chi connectivity index (χ0v) is 11.9. The first-order valence-corrected chi connectivity index (χ1v) is 7.26. The van der Waals surface area contributed by atoms with Crippen molar-refractivity contribution in [2.45, 2.75) is 57.7 Å². The topological polar surface area (TPSA) is 32.8 Å². The lowest BCUT2D eigenvalue weighted by atomic mass is 10.1. The van der Waals surface area contributed by atoms with Gasteiger partial charge in [0.1, 0.15) is 6.10 Å². The predicted molar refractivity (Wildman–Crippen MR) is 71.5 cm³/mol. The number of hydrogen-bond donors (Lipinski definition) is 0. The number of hydrogen-bond acceptors (Lipinski definition) is 3. The second-order valence-electron chi connectivity index (χ2n) is 5.50. The van der Waals surface area contributed by atoms with Crippen molar-refractivity contribution in [2.24, 2.45) is 0 Å². The van der Waals surface area contributed by atoms with Crippen LogP contribution in [0.25, 0.3) is 0 Å². The maximum atomic E-state index is 12.4. The van der Waals surface area contributed by atoms with Crippen molar-refractivity contribution >= 4 is 5.91 Å². The van der Waals surface area contributed by atoms with Crippen LogP contribution in [0.5, 0.6) is 0 Å². The molecule has 0 bridgehead atoms. The minimum atomic E-state index is -0.259. The highest BCUT2D eigenvalue weighted by Crippen LogP contribution is 2.27. The van der Waals surface area contributed by atoms with Crippen molar-refractivity contribution in [1.29, 1.82) is 0 Å². The fourth-order valence-corrected chi connectivity index (χ4v) is 3.42. The summed E-state index contributed by atoms with van der Waals surface area (Å²) in [4.78, 5) is 17.0. The molecule has 1 amide bonds. The van der Waals surface area contributed by atoms with Crippen LogP contribution in [0.4, 0.5) is 0 Å². The molecule has 0 aromatic heterocycles. The number of amides is 1. The molecule has 0 aromatic rings. The van der Waals surface area contributed by atoms with Gasteiger partial charge in [0.05, 0.1) is 0 Å². The molecule has 0 saturated carbocycles. The highest BCUT2D eigenvalue weighted by Gasteiger charge is 2.39. The van der Waals surface area contributed by atoms with Gasteiger partial charge in [-0.1, -0.05) is 6.92 Å². The van der Waals surface area contributed by atoms with Gasteiger partial charge in [0.2, 0.25) is 0 Å². The fraction of sp³-hybridized carbons (Fsp3) is 0.929. The molecule has 2 aliphatic heterocycles. The Kier molecular flexibility index (Phi) is 4.62. The van der Waals surface area contributed by atoms with E-state index in [9.17, 15) is 4.79 Å². The molecule has 0 spiro atoms. The zero-order valence-electron chi connectivity index (χ0n) is 11.9. The van der Waals surface area contributed by atoms with Crippen molar-refractivity contribution < 1.29 is 9.53 Å². The summed E-state index contributed by atoms with van der Waals surface area (Å²) in [5.41, 5.74) is 0. The number of ether oxygens (including phenoxy) is 1. The first kappa shape index (κ1) is 13.8. The van der Waals surface area contributed by atoms with E-state index in [1.165, 1.54) is 25.9 Å². The lowest BCUT2D eigenvalue weighted by molar-refractivity contribution is -0.143. The molecule has 0 aromatic carbocycles. The van der Waals surface area contributed by atoms with Gasteiger partial charge in [-0.05, 0) is 45.7 Å². The molecule has 2 rings (SSSR count). The Labute approximate surface area is 110 Å². The van der Waals surface area contributed by atoms with E-state index in [1.54, 1.807) is 7.11 Å². The predicted octanol–water partition coefficient (Wildman–Crippen LogP) is 1.50. The maximum Gasteiger partial charge on any atom is 0.251 e. The van der Waals surface area contributed by atoms with E-state index in [4.69, 9.17) is 4.74 Å². The fourth-order valence-electron chi connectivity index (χ4n) is 3.42. The Hall–Kier alpha value is -0.610. The first-order valence-electron chi connectivity index (χ1n) is 7.26. The molecule has 3 atom stereocenters. The number of methoxy groups -OCH3 is 1. The minimum absolute atomic E-state index is 0.175. The summed E-state index contributed by atoms with van der Waals surface area (Å²) in [5.74, 6) is 0.175. The monoisotopic (exact) mass is 254 g/mol. The summed E-state index contributed by atoms with van der Waals surface area (Å²) >= 11 is 0. The maximum absolute atomic E-state index is 12.4. The van der Waals surface area contributed by atoms with E-state index in [-0.39, 0.29) is 12.0 Å². The molecule has 2 heterocycles. The third-order valence-electron chi connectivity index (χ3n) is 4.54. The van der Waals surface area contributed by atoms with Crippen LogP contribution in [0.3, 0.4) is 0 Å². The van der Waals surface area contributed by atoms with E-state index in [0.717, 1.165) is 19.4 Å². The molecule has 104 valence electrons. The first-order chi connectivity index (χ1) is 8.69. The highest BCUT2D eigenvalue weighted by molar-refractivity contribution is 5.81. The van der Waals surface area contributed by atoms with E-state index < -0.39 is 0 Å². The van der Waals surface area contributed by atoms with Crippen LogP contribution < -0.4 is 0 Å². The van der Waals surface area contributed by atoms with E-state index in [1.807, 2.05) is 11.8 Å². The van der Waals surface area contributed by atoms with Gasteiger partial charge in [0.15, 0.2) is 0 Å². The Morgan fingerprint density at radius 3 is 2.56 bits per heavy atom. The van der Waals surface area contributed by atoms with Crippen LogP contribution in [0.1, 0.15) is 39.5 Å². The number of carbonyl (C=O) groups is 1. The third-order valence-corrected chi connectivity index (χ3v) is 4.54. The molecule has 0 radical (unpaired) electrons. The average molecular weight is 254 g/mol. The standard InChI is InChI=1S/C14H26N2O2/c1-4-13(18-3)14(17)16-10-7-12(11(16)2)15-8-5-6-9-15/h11-13H,4-10H2,1-3H3/t11-,12+,13-/m0/s1. The summed E-state index contributed by atoms with van der Waals surface area (Å²) in [6, 6.07) is 0.894. The molecule has 0 unspecified atom stereocenters. The zero-order chi connectivity index (χ0) is 13.1. The molecule has 2 fully saturated rings. The van der Waals surface area contributed by atoms with Crippen LogP contribution >= 0.6 is 0 Å². The number of rotatable bonds is 4. The summed E-state index contributed by atoms with van der Waals surface area (Å²) in [7, 11) is 1.63. The Bertz CT molecular complexity index is 286. The van der Waals surface area contributed by atoms with E-state index in [2.05, 4.69) is 11.8 Å². The minimum Gasteiger partial charge on any atom is -0.372 e. The van der Waals surface area contributed by atoms with Gasteiger partial charge in [-0.25, -0.2) is 0 Å². The van der Waals surface area contributed by atoms with E-state index in [0.29, 0.717) is 12.1 Å². The Morgan fingerprint density at radius 2 is 2.00 bits per heavy atom. The van der Waals surface area contributed by atoms with Crippen LogP contribution in [-0.2, 0) is 9.53 Å². The summed E-state index contributed by atoms with van der Waals surface area (Å²) in [5, 5.41) is 0. The quantitative estimate of drug-likeness (QED) is 0.762. The average Bonchev–Trinajstić information content (AvgIpc) is 2.99. The van der Waals surface area contributed by atoms with Crippen LogP contribution in [-0.4, -0.2) is 60.6 Å². The Morgan fingerprint density at radius 1 is 1.33 bits per heavy atom. The van der Waals surface area contributed by atoms with Crippen LogP contribution in [0.15, 0.2) is 0 Å². The second kappa shape index (κ2) is 6.02. The van der Waals surface area contributed by atoms with Gasteiger partial charge in [-0.2, -0.15) is 0 Å². The van der Waals surface area contributed by atoms with Gasteiger partial charge < -0.3 is 9.64 Å². The van der Waals surface area contributed by atoms with Gasteiger partial charge in [-0.3, -0.25) is 9.69 Å². The molecule has 2 saturated heterocycles. The molecule has 0 aliphatic carbocycles. The molecular formula is C14H26N2O2. The van der Waals surface area contributed by atoms with Crippen molar-refractivity contribution in [3.05, 3.63) is 0 Å². The SMILES string of the molecule is CC[C@H](OC)C(=O)N1CC[C@@H](N2CCCC2)[C@@H]1C. The second-order valence-corrected chi connectivity index (χ2v) is 5.50. The van der Waals surface area contributed by atoms with Crippen molar-refractivity contribution in [3.63, 3.8) is 0 Å². The van der Waals surface area contributed by atoms with Crippen molar-refractivity contribution in [2.75, 3.05) is 26.7 Å². The highest BCUT2D eigenvalue weighted by atomic mass is 16.5. The van der Waals surface area contributed by atoms with Gasteiger partial charge in [0.25, 0.3) is 5.91 Å². The summed E-state index contributed by atoms with van der Waals surface area (Å²) in [6.45, 7) is 7.50. The lowest BCUT2D eigenvalue weighted by Gasteiger charge is -2.31. The van der Waals surface area contributed by atoms with Crippen molar-refractivity contribution in [3.8, 4) is 0 Å². The summed E-state index contributed by atoms with van der Waals surface area (Å²) < 4.78 is 5.28. The smallest absolute Gasteiger partial charge is 0.251 e. The Balaban J connectivity index is 1.97. The number of likely N-dealkylation sites (tertiary alicyclic amines) is 2. The van der Waals surface area contributed by atoms with E-state index >= 15 is 0 Å². The van der Waals surface area contributed by atoms with Crippen LogP contribution in [0, 0.1) is 0 Å². The molecule has 4 nitrogen and oxygen atoms in total. The van der Waals surface area contributed by atoms with Crippen LogP contribution in [0.2, 0.25) is 0 Å². The summed E-state index contributed by atoms with van der Waals surface area (Å²) in [6.07, 6.45) is 4.24. The number of carbonyl (C=O) groups excluding carboxylic acids is 1. The van der Waals surface area contributed by atoms with Crippen molar-refractivity contribution in [1.82, 2.24) is 9.80 Å². The van der Waals surface area contributed by atoms with Gasteiger partial charge >= 0.3 is 0 Å². The molecule has 18 heavy (non-hydrogen) atoms. The lowest BCUT2D eigenvalue weighted by Crippen LogP contribution is -2.47. The molecule has 0 N–H and O–H groups in total. The normalized spacial score (nSPS) is 30.9. The third kappa shape index (κ3) is 2.54. The largest absolute Gasteiger partial charge is 0.372 e. The molecule has 4 heteroatoms. The van der Waals surface area contributed by atoms with Gasteiger partial charge in [-0.15, -0.1) is 0 Å². The van der Waals surface area contributed by atoms with Gasteiger partial charge in [0, 0.05) is 25.7 Å². The number of nitrogens with zero attached hydrogens (tertiary/aromatic N) is 2. The molecular weight excluding hydrogens is 228 g/mol. The molecule has 2 aliphatic rings.